The van der Waals surface area contributed by atoms with E-state index in [0.29, 0.717) is 23.5 Å². The fraction of sp³-hybridized carbons (Fsp3) is 0.0455. The predicted octanol–water partition coefficient (Wildman–Crippen LogP) is 3.90. The van der Waals surface area contributed by atoms with Gasteiger partial charge in [0.2, 0.25) is 0 Å². The molecule has 132 valence electrons. The molecule has 0 bridgehead atoms. The molecule has 0 atom stereocenters. The average molecular weight is 356 g/mol. The molecule has 5 nitrogen and oxygen atoms in total. The van der Waals surface area contributed by atoms with Crippen LogP contribution in [0.1, 0.15) is 31.8 Å². The zero-order chi connectivity index (χ0) is 18.6. The van der Waals surface area contributed by atoms with E-state index in [0.717, 1.165) is 16.1 Å². The van der Waals surface area contributed by atoms with E-state index in [1.165, 1.54) is 6.21 Å². The van der Waals surface area contributed by atoms with Crippen LogP contribution in [0.5, 0.6) is 5.75 Å². The molecule has 0 aromatic heterocycles. The lowest BCUT2D eigenvalue weighted by Gasteiger charge is -2.08. The van der Waals surface area contributed by atoms with Gasteiger partial charge >= 0.3 is 0 Å². The number of hydrazone groups is 1. The first-order valence-electron chi connectivity index (χ1n) is 8.51. The van der Waals surface area contributed by atoms with Gasteiger partial charge in [-0.2, -0.15) is 10.1 Å². The number of imide groups is 1. The minimum absolute atomic E-state index is 0.375. The molecule has 3 aromatic carbocycles. The summed E-state index contributed by atoms with van der Waals surface area (Å²) in [5, 5.41) is 4.97. The quantitative estimate of drug-likeness (QED) is 0.515. The Morgan fingerprint density at radius 3 is 2.19 bits per heavy atom. The maximum atomic E-state index is 12.3. The Hall–Kier alpha value is -3.73. The highest BCUT2D eigenvalue weighted by molar-refractivity contribution is 6.21. The third kappa shape index (κ3) is 3.48. The molecule has 0 N–H and O–H groups in total. The van der Waals surface area contributed by atoms with E-state index >= 15 is 0 Å². The monoisotopic (exact) mass is 356 g/mol. The zero-order valence-corrected chi connectivity index (χ0v) is 14.4. The Morgan fingerprint density at radius 1 is 0.815 bits per heavy atom. The molecule has 0 spiro atoms. The van der Waals surface area contributed by atoms with Gasteiger partial charge in [-0.15, -0.1) is 0 Å². The Bertz CT molecular complexity index is 993. The van der Waals surface area contributed by atoms with Crippen molar-refractivity contribution in [3.8, 4) is 5.75 Å². The Morgan fingerprint density at radius 2 is 1.48 bits per heavy atom. The van der Waals surface area contributed by atoms with E-state index in [9.17, 15) is 9.59 Å². The third-order valence-electron chi connectivity index (χ3n) is 4.20. The van der Waals surface area contributed by atoms with Crippen LogP contribution in [0.3, 0.4) is 0 Å². The zero-order valence-electron chi connectivity index (χ0n) is 14.4. The molecule has 0 saturated carbocycles. The summed E-state index contributed by atoms with van der Waals surface area (Å²) in [4.78, 5) is 24.6. The van der Waals surface area contributed by atoms with E-state index in [1.807, 2.05) is 54.6 Å². The lowest BCUT2D eigenvalue weighted by atomic mass is 10.1. The number of benzene rings is 3. The topological polar surface area (TPSA) is 59.0 Å². The molecule has 27 heavy (non-hydrogen) atoms. The van der Waals surface area contributed by atoms with E-state index < -0.39 is 11.8 Å². The van der Waals surface area contributed by atoms with Crippen molar-refractivity contribution in [1.82, 2.24) is 5.01 Å². The van der Waals surface area contributed by atoms with Gasteiger partial charge < -0.3 is 4.74 Å². The lowest BCUT2D eigenvalue weighted by molar-refractivity contribution is 0.0660. The van der Waals surface area contributed by atoms with Crippen molar-refractivity contribution < 1.29 is 14.3 Å². The summed E-state index contributed by atoms with van der Waals surface area (Å²) in [5.41, 5.74) is 2.55. The van der Waals surface area contributed by atoms with Crippen LogP contribution in [0.2, 0.25) is 0 Å². The number of nitrogens with zero attached hydrogens (tertiary/aromatic N) is 2. The van der Waals surface area contributed by atoms with Crippen molar-refractivity contribution in [3.05, 3.63) is 101 Å². The average Bonchev–Trinajstić information content (AvgIpc) is 2.96. The first kappa shape index (κ1) is 16.7. The summed E-state index contributed by atoms with van der Waals surface area (Å²) in [6, 6.07) is 23.9. The van der Waals surface area contributed by atoms with Gasteiger partial charge in [0.15, 0.2) is 0 Å². The highest BCUT2D eigenvalue weighted by atomic mass is 16.5. The molecule has 5 heteroatoms. The number of carbonyl (C=O) groups is 2. The maximum absolute atomic E-state index is 12.3. The molecule has 0 aliphatic carbocycles. The molecule has 3 aromatic rings. The number of carbonyl (C=O) groups excluding carboxylic acids is 2. The van der Waals surface area contributed by atoms with Crippen LogP contribution in [-0.4, -0.2) is 23.0 Å². The number of amides is 2. The van der Waals surface area contributed by atoms with E-state index in [4.69, 9.17) is 4.74 Å². The molecule has 1 heterocycles. The molecule has 0 radical (unpaired) electrons. The van der Waals surface area contributed by atoms with Crippen LogP contribution >= 0.6 is 0 Å². The number of hydrogen-bond acceptors (Lipinski definition) is 4. The van der Waals surface area contributed by atoms with Crippen LogP contribution in [-0.2, 0) is 6.61 Å². The Labute approximate surface area is 156 Å². The van der Waals surface area contributed by atoms with Gasteiger partial charge in [-0.05, 0) is 35.4 Å². The minimum atomic E-state index is -0.414. The molecule has 2 amide bonds. The summed E-state index contributed by atoms with van der Waals surface area (Å²) in [7, 11) is 0. The van der Waals surface area contributed by atoms with Gasteiger partial charge in [0.1, 0.15) is 12.4 Å². The summed E-state index contributed by atoms with van der Waals surface area (Å²) in [6.45, 7) is 0.458. The first-order valence-corrected chi connectivity index (χ1v) is 8.51. The normalized spacial score (nSPS) is 13.3. The molecular weight excluding hydrogens is 340 g/mol. The fourth-order valence-electron chi connectivity index (χ4n) is 2.83. The van der Waals surface area contributed by atoms with Crippen molar-refractivity contribution in [2.45, 2.75) is 6.61 Å². The second kappa shape index (κ2) is 7.25. The van der Waals surface area contributed by atoms with Crippen molar-refractivity contribution >= 4 is 18.0 Å². The van der Waals surface area contributed by atoms with Crippen molar-refractivity contribution in [1.29, 1.82) is 0 Å². The van der Waals surface area contributed by atoms with E-state index in [2.05, 4.69) is 5.10 Å². The molecule has 0 unspecified atom stereocenters. The highest BCUT2D eigenvalue weighted by Gasteiger charge is 2.35. The maximum Gasteiger partial charge on any atom is 0.282 e. The van der Waals surface area contributed by atoms with E-state index in [-0.39, 0.29) is 0 Å². The SMILES string of the molecule is O=C1c2ccccc2C(=O)N1/N=C/c1cccc(OCc2ccccc2)c1. The third-order valence-corrected chi connectivity index (χ3v) is 4.20. The van der Waals surface area contributed by atoms with Crippen LogP contribution in [0.15, 0.2) is 84.0 Å². The summed E-state index contributed by atoms with van der Waals surface area (Å²) < 4.78 is 5.79. The highest BCUT2D eigenvalue weighted by Crippen LogP contribution is 2.22. The van der Waals surface area contributed by atoms with Gasteiger partial charge in [-0.25, -0.2) is 0 Å². The standard InChI is InChI=1S/C22H16N2O3/c25-21-19-11-4-5-12-20(19)22(26)24(21)23-14-17-9-6-10-18(13-17)27-15-16-7-2-1-3-8-16/h1-14H,15H2/b23-14+. The van der Waals surface area contributed by atoms with Crippen LogP contribution < -0.4 is 4.74 Å². The number of hydrogen-bond donors (Lipinski definition) is 0. The van der Waals surface area contributed by atoms with Crippen LogP contribution in [0.25, 0.3) is 0 Å². The Kier molecular flexibility index (Phi) is 4.49. The van der Waals surface area contributed by atoms with Crippen molar-refractivity contribution in [3.63, 3.8) is 0 Å². The van der Waals surface area contributed by atoms with Gasteiger partial charge in [0.25, 0.3) is 11.8 Å². The molecular formula is C22H16N2O3. The van der Waals surface area contributed by atoms with Gasteiger partial charge in [-0.3, -0.25) is 9.59 Å². The number of fused-ring (bicyclic) bond motifs is 1. The number of ether oxygens (including phenoxy) is 1. The second-order valence-electron chi connectivity index (χ2n) is 6.06. The molecule has 1 aliphatic heterocycles. The molecule has 4 rings (SSSR count). The van der Waals surface area contributed by atoms with Crippen molar-refractivity contribution in [2.75, 3.05) is 0 Å². The van der Waals surface area contributed by atoms with Crippen LogP contribution in [0, 0.1) is 0 Å². The first-order chi connectivity index (χ1) is 13.2. The minimum Gasteiger partial charge on any atom is -0.489 e. The van der Waals surface area contributed by atoms with Gasteiger partial charge in [-0.1, -0.05) is 54.6 Å². The van der Waals surface area contributed by atoms with Gasteiger partial charge in [0, 0.05) is 0 Å². The predicted molar refractivity (Wildman–Crippen MR) is 102 cm³/mol. The summed E-state index contributed by atoms with van der Waals surface area (Å²) >= 11 is 0. The van der Waals surface area contributed by atoms with Crippen LogP contribution in [0.4, 0.5) is 0 Å². The molecule has 1 aliphatic rings. The number of rotatable bonds is 5. The van der Waals surface area contributed by atoms with Crippen molar-refractivity contribution in [2.24, 2.45) is 5.10 Å². The smallest absolute Gasteiger partial charge is 0.282 e. The molecule has 0 fully saturated rings. The largest absolute Gasteiger partial charge is 0.489 e. The summed E-state index contributed by atoms with van der Waals surface area (Å²) in [6.07, 6.45) is 1.48. The fourth-order valence-corrected chi connectivity index (χ4v) is 2.83. The molecule has 0 saturated heterocycles. The second-order valence-corrected chi connectivity index (χ2v) is 6.06. The van der Waals surface area contributed by atoms with Gasteiger partial charge in [0.05, 0.1) is 17.3 Å². The summed E-state index contributed by atoms with van der Waals surface area (Å²) in [5.74, 6) is -0.142. The Balaban J connectivity index is 1.47. The lowest BCUT2D eigenvalue weighted by Crippen LogP contribution is -2.23. The van der Waals surface area contributed by atoms with E-state index in [1.54, 1.807) is 24.3 Å².